The fourth-order valence-electron chi connectivity index (χ4n) is 4.15. The third-order valence-electron chi connectivity index (χ3n) is 6.04. The quantitative estimate of drug-likeness (QED) is 0.206. The van der Waals surface area contributed by atoms with E-state index >= 15 is 0 Å². The average molecular weight is 620 g/mol. The maximum Gasteiger partial charge on any atom is 2.00 e. The van der Waals surface area contributed by atoms with E-state index in [0.29, 0.717) is 0 Å². The Morgan fingerprint density at radius 3 is 1.81 bits per heavy atom. The van der Waals surface area contributed by atoms with Crippen LogP contribution in [0.15, 0.2) is 120 Å². The molecule has 4 aromatic carbocycles. The van der Waals surface area contributed by atoms with E-state index in [1.807, 2.05) is 73.7 Å². The Morgan fingerprint density at radius 2 is 1.24 bits per heavy atom. The van der Waals surface area contributed by atoms with Gasteiger partial charge < -0.3 is 22.4 Å². The van der Waals surface area contributed by atoms with Gasteiger partial charge >= 0.3 is 19.5 Å². The minimum absolute atomic E-state index is 0. The van der Waals surface area contributed by atoms with Crippen molar-refractivity contribution >= 4 is 10.0 Å². The van der Waals surface area contributed by atoms with E-state index in [9.17, 15) is 8.42 Å². The molecule has 0 amide bonds. The summed E-state index contributed by atoms with van der Waals surface area (Å²) in [4.78, 5) is 0.208. The molecule has 2 atom stereocenters. The summed E-state index contributed by atoms with van der Waals surface area (Å²) in [5.41, 5.74) is 4.15. The molecule has 194 valence electrons. The van der Waals surface area contributed by atoms with Crippen LogP contribution in [-0.2, 0) is 35.9 Å². The molecule has 0 aliphatic heterocycles. The van der Waals surface area contributed by atoms with Crippen LogP contribution in [0.1, 0.15) is 40.8 Å². The molecule has 1 N–H and O–H groups in total. The zero-order chi connectivity index (χ0) is 24.5. The van der Waals surface area contributed by atoms with Gasteiger partial charge in [-0.3, -0.25) is 0 Å². The number of nitrogens with zero attached hydrogens (tertiary/aromatic N) is 1. The van der Waals surface area contributed by atoms with Gasteiger partial charge in [-0.1, -0.05) is 120 Å². The number of rotatable bonds is 11. The fraction of sp³-hybridized carbons (Fsp3) is 0.200. The Kier molecular flexibility index (Phi) is 12.7. The van der Waals surface area contributed by atoms with Crippen LogP contribution in [0.25, 0.3) is 4.72 Å². The van der Waals surface area contributed by atoms with Gasteiger partial charge in [0.25, 0.3) is 0 Å². The first-order chi connectivity index (χ1) is 17.0. The van der Waals surface area contributed by atoms with E-state index < -0.39 is 16.1 Å². The maximum atomic E-state index is 13.4. The molecule has 0 saturated carbocycles. The second kappa shape index (κ2) is 15.2. The monoisotopic (exact) mass is 620 g/mol. The van der Waals surface area contributed by atoms with E-state index in [1.54, 1.807) is 24.3 Å². The van der Waals surface area contributed by atoms with Crippen LogP contribution in [0.2, 0.25) is 0 Å². The van der Waals surface area contributed by atoms with Crippen LogP contribution in [0, 0.1) is 6.92 Å². The number of aryl methyl sites for hydroxylation is 2. The molecule has 4 rings (SSSR count). The summed E-state index contributed by atoms with van der Waals surface area (Å²) in [5, 5.41) is 3.63. The number of benzene rings is 4. The summed E-state index contributed by atoms with van der Waals surface area (Å²) in [7, 11) is -3.87. The van der Waals surface area contributed by atoms with Crippen molar-refractivity contribution in [3.8, 4) is 0 Å². The molecule has 0 heterocycles. The molecule has 0 aliphatic rings. The first kappa shape index (κ1) is 30.9. The molecule has 37 heavy (non-hydrogen) atoms. The minimum Gasteiger partial charge on any atom is -1.00 e. The van der Waals surface area contributed by atoms with E-state index in [1.165, 1.54) is 5.56 Å². The molecule has 0 saturated heterocycles. The van der Waals surface area contributed by atoms with E-state index in [0.717, 1.165) is 36.1 Å². The summed E-state index contributed by atoms with van der Waals surface area (Å²) in [6.07, 6.45) is 1.88. The predicted octanol–water partition coefficient (Wildman–Crippen LogP) is 3.76. The molecule has 7 heteroatoms. The van der Waals surface area contributed by atoms with E-state index in [-0.39, 0.29) is 42.8 Å². The second-order valence-electron chi connectivity index (χ2n) is 8.68. The van der Waals surface area contributed by atoms with Crippen molar-refractivity contribution in [3.63, 3.8) is 0 Å². The number of halogens is 1. The Morgan fingerprint density at radius 1 is 0.730 bits per heavy atom. The van der Waals surface area contributed by atoms with Crippen LogP contribution in [0.3, 0.4) is 0 Å². The molecular weight excluding hydrogens is 589 g/mol. The number of hydrogen-bond acceptors (Lipinski definition) is 3. The summed E-state index contributed by atoms with van der Waals surface area (Å²) in [5.74, 6) is 0. The topological polar surface area (TPSA) is 60.3 Å². The predicted molar refractivity (Wildman–Crippen MR) is 143 cm³/mol. The van der Waals surface area contributed by atoms with Crippen molar-refractivity contribution in [3.05, 3.63) is 142 Å². The standard InChI is InChI=1S/C30H31N2O2S.ClH.Ru/c1-24-19-21-28(22-20-24)35(33,34)32-30(27-17-9-4-10-18-27)29(26-15-7-3-8-16-26)31-23-11-14-25-12-5-2-6-13-25;;/h2-10,12-13,15-22,29-31H,11,14,23H2,1H3;1H;/q-1;;+2/p-1/t29-,30?;;/m1../s1. The van der Waals surface area contributed by atoms with E-state index in [4.69, 9.17) is 0 Å². The van der Waals surface area contributed by atoms with Crippen molar-refractivity contribution in [1.29, 1.82) is 0 Å². The second-order valence-corrected chi connectivity index (χ2v) is 10.3. The average Bonchev–Trinajstić information content (AvgIpc) is 2.89. The molecule has 0 fully saturated rings. The van der Waals surface area contributed by atoms with Gasteiger partial charge in [-0.05, 0) is 49.6 Å². The molecule has 0 spiro atoms. The van der Waals surface area contributed by atoms with Gasteiger partial charge in [-0.25, -0.2) is 8.42 Å². The van der Waals surface area contributed by atoms with E-state index in [2.05, 4.69) is 34.3 Å². The van der Waals surface area contributed by atoms with Gasteiger partial charge in [0.15, 0.2) is 0 Å². The van der Waals surface area contributed by atoms with Crippen LogP contribution < -0.4 is 17.7 Å². The first-order valence-electron chi connectivity index (χ1n) is 11.9. The van der Waals surface area contributed by atoms with Gasteiger partial charge in [0, 0.05) is 10.9 Å². The normalized spacial score (nSPS) is 12.6. The van der Waals surface area contributed by atoms with Crippen LogP contribution in [0.5, 0.6) is 0 Å². The summed E-state index contributed by atoms with van der Waals surface area (Å²) < 4.78 is 31.3. The zero-order valence-electron chi connectivity index (χ0n) is 20.6. The third-order valence-corrected chi connectivity index (χ3v) is 7.41. The minimum atomic E-state index is -3.87. The maximum absolute atomic E-state index is 13.4. The molecule has 4 nitrogen and oxygen atoms in total. The number of sulfonamides is 1. The largest absolute Gasteiger partial charge is 2.00 e. The summed E-state index contributed by atoms with van der Waals surface area (Å²) in [6, 6.07) is 36.0. The molecule has 0 aliphatic carbocycles. The smallest absolute Gasteiger partial charge is 1.00 e. The van der Waals surface area contributed by atoms with Gasteiger partial charge in [-0.2, -0.15) is 0 Å². The first-order valence-corrected chi connectivity index (χ1v) is 13.4. The van der Waals surface area contributed by atoms with Crippen molar-refractivity contribution in [1.82, 2.24) is 5.32 Å². The van der Waals surface area contributed by atoms with Crippen molar-refractivity contribution < 1.29 is 40.3 Å². The molecule has 1 unspecified atom stereocenters. The van der Waals surface area contributed by atoms with Gasteiger partial charge in [0.2, 0.25) is 0 Å². The van der Waals surface area contributed by atoms with Crippen molar-refractivity contribution in [2.24, 2.45) is 0 Å². The van der Waals surface area contributed by atoms with Gasteiger partial charge in [0.1, 0.15) is 10.0 Å². The van der Waals surface area contributed by atoms with Crippen LogP contribution in [-0.4, -0.2) is 15.0 Å². The number of hydrogen-bond donors (Lipinski definition) is 1. The van der Waals surface area contributed by atoms with Gasteiger partial charge in [-0.15, -0.1) is 0 Å². The zero-order valence-corrected chi connectivity index (χ0v) is 24.0. The molecule has 0 bridgehead atoms. The van der Waals surface area contributed by atoms with Crippen molar-refractivity contribution in [2.75, 3.05) is 6.54 Å². The van der Waals surface area contributed by atoms with Crippen LogP contribution >= 0.6 is 0 Å². The molecule has 4 aromatic rings. The third kappa shape index (κ3) is 8.88. The molecule has 0 radical (unpaired) electrons. The summed E-state index contributed by atoms with van der Waals surface area (Å²) in [6.45, 7) is 2.67. The fourth-order valence-corrected chi connectivity index (χ4v) is 5.30. The van der Waals surface area contributed by atoms with Crippen LogP contribution in [0.4, 0.5) is 0 Å². The Balaban J connectivity index is 0.00000241. The Hall–Kier alpha value is -2.34. The SMILES string of the molecule is Cc1ccc(S(=O)(=O)[N-]C(c2ccccc2)[C@H](NCCCc2ccccc2)c2ccccc2)cc1.[Cl-].[Ru+2]. The molecular formula is C30H31ClN2O2RuS. The number of nitrogens with one attached hydrogen (secondary N) is 1. The summed E-state index contributed by atoms with van der Waals surface area (Å²) >= 11 is 0. The molecule has 0 aromatic heterocycles. The Bertz CT molecular complexity index is 1290. The van der Waals surface area contributed by atoms with Gasteiger partial charge in [0.05, 0.1) is 0 Å². The van der Waals surface area contributed by atoms with Crippen molar-refractivity contribution in [2.45, 2.75) is 36.7 Å². The Labute approximate surface area is 240 Å².